The summed E-state index contributed by atoms with van der Waals surface area (Å²) in [6.07, 6.45) is 3.57. The van der Waals surface area contributed by atoms with E-state index in [0.29, 0.717) is 11.6 Å². The van der Waals surface area contributed by atoms with Crippen LogP contribution in [-0.2, 0) is 9.53 Å². The van der Waals surface area contributed by atoms with Gasteiger partial charge >= 0.3 is 0 Å². The summed E-state index contributed by atoms with van der Waals surface area (Å²) in [5.41, 5.74) is 0.837. The van der Waals surface area contributed by atoms with Gasteiger partial charge in [0.2, 0.25) is 0 Å². The van der Waals surface area contributed by atoms with Crippen LogP contribution in [-0.4, -0.2) is 25.2 Å². The molecule has 1 aliphatic rings. The van der Waals surface area contributed by atoms with Crippen molar-refractivity contribution < 1.29 is 9.53 Å². The van der Waals surface area contributed by atoms with Gasteiger partial charge in [-0.2, -0.15) is 5.26 Å². The average Bonchev–Trinajstić information content (AvgIpc) is 2.97. The first kappa shape index (κ1) is 14.6. The van der Waals surface area contributed by atoms with Gasteiger partial charge in [0.1, 0.15) is 11.6 Å². The van der Waals surface area contributed by atoms with Crippen molar-refractivity contribution in [3.05, 3.63) is 40.4 Å². The lowest BCUT2D eigenvalue weighted by Gasteiger charge is -2.10. The van der Waals surface area contributed by atoms with Crippen LogP contribution in [0.1, 0.15) is 18.4 Å². The molecular weight excluding hydrogens is 276 g/mol. The van der Waals surface area contributed by atoms with E-state index in [0.717, 1.165) is 25.0 Å². The van der Waals surface area contributed by atoms with E-state index >= 15 is 0 Å². The molecule has 1 heterocycles. The first-order valence-electron chi connectivity index (χ1n) is 6.46. The lowest BCUT2D eigenvalue weighted by Crippen LogP contribution is -2.32. The quantitative estimate of drug-likeness (QED) is 0.685. The first-order chi connectivity index (χ1) is 9.69. The highest BCUT2D eigenvalue weighted by Gasteiger charge is 2.17. The third-order valence-electron chi connectivity index (χ3n) is 3.06. The number of hydrogen-bond acceptors (Lipinski definition) is 3. The Morgan fingerprint density at radius 2 is 2.25 bits per heavy atom. The summed E-state index contributed by atoms with van der Waals surface area (Å²) in [6, 6.07) is 8.86. The van der Waals surface area contributed by atoms with Crippen LogP contribution in [0.5, 0.6) is 0 Å². The summed E-state index contributed by atoms with van der Waals surface area (Å²) in [5, 5.41) is 12.4. The Labute approximate surface area is 123 Å². The van der Waals surface area contributed by atoms with Crippen LogP contribution in [0.4, 0.5) is 0 Å². The van der Waals surface area contributed by atoms with Crippen molar-refractivity contribution in [2.24, 2.45) is 0 Å². The molecule has 4 nitrogen and oxygen atoms in total. The predicted molar refractivity (Wildman–Crippen MR) is 77.0 cm³/mol. The number of rotatable bonds is 4. The molecule has 104 valence electrons. The second-order valence-electron chi connectivity index (χ2n) is 4.57. The Hall–Kier alpha value is -1.83. The minimum absolute atomic E-state index is 0.0643. The number of nitrogens with one attached hydrogen (secondary N) is 1. The highest BCUT2D eigenvalue weighted by atomic mass is 35.5. The molecule has 0 unspecified atom stereocenters. The second-order valence-corrected chi connectivity index (χ2v) is 5.00. The standard InChI is InChI=1S/C15H15ClN2O2/c16-13-5-3-11(4-6-13)8-12(9-17)15(19)18-10-14-2-1-7-20-14/h3-6,8,14H,1-2,7,10H2,(H,18,19)/b12-8-/t14-/m1/s1. The van der Waals surface area contributed by atoms with Crippen molar-refractivity contribution in [2.75, 3.05) is 13.2 Å². The van der Waals surface area contributed by atoms with Gasteiger partial charge in [-0.05, 0) is 36.6 Å². The molecule has 1 N–H and O–H groups in total. The van der Waals surface area contributed by atoms with E-state index in [-0.39, 0.29) is 17.6 Å². The Morgan fingerprint density at radius 3 is 2.85 bits per heavy atom. The third-order valence-corrected chi connectivity index (χ3v) is 3.31. The van der Waals surface area contributed by atoms with Crippen molar-refractivity contribution >= 4 is 23.6 Å². The maximum absolute atomic E-state index is 11.9. The smallest absolute Gasteiger partial charge is 0.262 e. The fraction of sp³-hybridized carbons (Fsp3) is 0.333. The van der Waals surface area contributed by atoms with Gasteiger partial charge in [0.05, 0.1) is 6.10 Å². The minimum Gasteiger partial charge on any atom is -0.376 e. The average molecular weight is 291 g/mol. The van der Waals surface area contributed by atoms with Gasteiger partial charge in [-0.15, -0.1) is 0 Å². The molecule has 2 rings (SSSR count). The summed E-state index contributed by atoms with van der Waals surface area (Å²) in [7, 11) is 0. The lowest BCUT2D eigenvalue weighted by molar-refractivity contribution is -0.117. The van der Waals surface area contributed by atoms with E-state index < -0.39 is 0 Å². The van der Waals surface area contributed by atoms with E-state index in [1.54, 1.807) is 30.3 Å². The van der Waals surface area contributed by atoms with Crippen molar-refractivity contribution in [3.8, 4) is 6.07 Å². The first-order valence-corrected chi connectivity index (χ1v) is 6.84. The topological polar surface area (TPSA) is 62.1 Å². The molecule has 0 spiro atoms. The Morgan fingerprint density at radius 1 is 1.50 bits per heavy atom. The zero-order valence-electron chi connectivity index (χ0n) is 10.9. The van der Waals surface area contributed by atoms with Crippen molar-refractivity contribution in [2.45, 2.75) is 18.9 Å². The number of benzene rings is 1. The van der Waals surface area contributed by atoms with Crippen LogP contribution in [0.3, 0.4) is 0 Å². The van der Waals surface area contributed by atoms with Gasteiger partial charge in [-0.25, -0.2) is 0 Å². The lowest BCUT2D eigenvalue weighted by atomic mass is 10.1. The van der Waals surface area contributed by atoms with Crippen molar-refractivity contribution in [1.82, 2.24) is 5.32 Å². The maximum atomic E-state index is 11.9. The summed E-state index contributed by atoms with van der Waals surface area (Å²) < 4.78 is 5.42. The van der Waals surface area contributed by atoms with Crippen LogP contribution < -0.4 is 5.32 Å². The maximum Gasteiger partial charge on any atom is 0.262 e. The van der Waals surface area contributed by atoms with E-state index in [2.05, 4.69) is 5.32 Å². The van der Waals surface area contributed by atoms with Gasteiger partial charge in [-0.3, -0.25) is 4.79 Å². The zero-order chi connectivity index (χ0) is 14.4. The molecule has 20 heavy (non-hydrogen) atoms. The summed E-state index contributed by atoms with van der Waals surface area (Å²) in [5.74, 6) is -0.377. The van der Waals surface area contributed by atoms with E-state index in [1.165, 1.54) is 0 Å². The molecule has 1 fully saturated rings. The Bertz CT molecular complexity index is 540. The number of nitrogens with zero attached hydrogens (tertiary/aromatic N) is 1. The third kappa shape index (κ3) is 4.09. The molecule has 0 aliphatic carbocycles. The van der Waals surface area contributed by atoms with Crippen LogP contribution in [0, 0.1) is 11.3 Å². The normalized spacial score (nSPS) is 18.6. The molecule has 0 bridgehead atoms. The SMILES string of the molecule is N#C/C(=C/c1ccc(Cl)cc1)C(=O)NC[C@H]1CCCO1. The molecule has 1 amide bonds. The molecule has 1 saturated heterocycles. The van der Waals surface area contributed by atoms with Crippen molar-refractivity contribution in [1.29, 1.82) is 5.26 Å². The fourth-order valence-electron chi connectivity index (χ4n) is 1.98. The molecular formula is C15H15ClN2O2. The molecule has 0 radical (unpaired) electrons. The highest BCUT2D eigenvalue weighted by Crippen LogP contribution is 2.13. The molecule has 1 aromatic rings. The number of amides is 1. The van der Waals surface area contributed by atoms with E-state index in [1.807, 2.05) is 6.07 Å². The fourth-order valence-corrected chi connectivity index (χ4v) is 2.11. The number of nitriles is 1. The van der Waals surface area contributed by atoms with E-state index in [9.17, 15) is 4.79 Å². The Balaban J connectivity index is 1.97. The van der Waals surface area contributed by atoms with Crippen LogP contribution in [0.2, 0.25) is 5.02 Å². The number of carbonyl (C=O) groups is 1. The predicted octanol–water partition coefficient (Wildman–Crippen LogP) is 2.54. The van der Waals surface area contributed by atoms with E-state index in [4.69, 9.17) is 21.6 Å². The number of ether oxygens (including phenoxy) is 1. The Kier molecular flexibility index (Phi) is 5.16. The summed E-state index contributed by atoms with van der Waals surface area (Å²) >= 11 is 5.79. The van der Waals surface area contributed by atoms with Gasteiger partial charge in [0.15, 0.2) is 0 Å². The largest absolute Gasteiger partial charge is 0.376 e. The van der Waals surface area contributed by atoms with Crippen LogP contribution in [0.15, 0.2) is 29.8 Å². The number of hydrogen-bond donors (Lipinski definition) is 1. The summed E-state index contributed by atoms with van der Waals surface area (Å²) in [4.78, 5) is 11.9. The van der Waals surface area contributed by atoms with Crippen LogP contribution in [0.25, 0.3) is 6.08 Å². The number of carbonyl (C=O) groups excluding carboxylic acids is 1. The van der Waals surface area contributed by atoms with Crippen molar-refractivity contribution in [3.63, 3.8) is 0 Å². The molecule has 1 aromatic carbocycles. The van der Waals surface area contributed by atoms with Gasteiger partial charge in [-0.1, -0.05) is 23.7 Å². The van der Waals surface area contributed by atoms with Gasteiger partial charge in [0.25, 0.3) is 5.91 Å². The van der Waals surface area contributed by atoms with Crippen LogP contribution >= 0.6 is 11.6 Å². The second kappa shape index (κ2) is 7.09. The van der Waals surface area contributed by atoms with Gasteiger partial charge < -0.3 is 10.1 Å². The minimum atomic E-state index is -0.377. The molecule has 0 saturated carbocycles. The zero-order valence-corrected chi connectivity index (χ0v) is 11.7. The highest BCUT2D eigenvalue weighted by molar-refractivity contribution is 6.30. The number of halogens is 1. The molecule has 1 atom stereocenters. The van der Waals surface area contributed by atoms with Gasteiger partial charge in [0, 0.05) is 18.2 Å². The summed E-state index contributed by atoms with van der Waals surface area (Å²) in [6.45, 7) is 1.19. The molecule has 5 heteroatoms. The molecule has 1 aliphatic heterocycles. The monoisotopic (exact) mass is 290 g/mol. The molecule has 0 aromatic heterocycles.